The van der Waals surface area contributed by atoms with Crippen molar-refractivity contribution in [1.82, 2.24) is 9.97 Å². The fraction of sp³-hybridized carbons (Fsp3) is 0.565. The van der Waals surface area contributed by atoms with Gasteiger partial charge in [0.15, 0.2) is 0 Å². The normalized spacial score (nSPS) is 21.8. The Hall–Kier alpha value is -2.54. The van der Waals surface area contributed by atoms with E-state index >= 15 is 0 Å². The molecule has 30 heavy (non-hydrogen) atoms. The molecule has 4 heterocycles. The first-order valence-corrected chi connectivity index (χ1v) is 11.2. The Labute approximate surface area is 177 Å². The molecule has 1 aromatic heterocycles. The van der Waals surface area contributed by atoms with Gasteiger partial charge in [-0.05, 0) is 30.4 Å². The van der Waals surface area contributed by atoms with Crippen LogP contribution in [0.15, 0.2) is 29.1 Å². The van der Waals surface area contributed by atoms with E-state index in [-0.39, 0.29) is 5.56 Å². The van der Waals surface area contributed by atoms with Crippen molar-refractivity contribution in [2.45, 2.75) is 44.6 Å². The van der Waals surface area contributed by atoms with Gasteiger partial charge in [0.2, 0.25) is 5.95 Å². The minimum absolute atomic E-state index is 0.0894. The van der Waals surface area contributed by atoms with Gasteiger partial charge < -0.3 is 19.3 Å². The molecule has 1 aromatic carbocycles. The number of fused-ring (bicyclic) bond motifs is 1. The summed E-state index contributed by atoms with van der Waals surface area (Å²) >= 11 is 0. The zero-order valence-electron chi connectivity index (χ0n) is 17.4. The van der Waals surface area contributed by atoms with Gasteiger partial charge in [-0.3, -0.25) is 9.78 Å². The molecule has 2 fully saturated rings. The number of nitrogens with one attached hydrogen (secondary N) is 1. The lowest BCUT2D eigenvalue weighted by Crippen LogP contribution is -2.41. The van der Waals surface area contributed by atoms with Crippen molar-refractivity contribution in [2.24, 2.45) is 0 Å². The first kappa shape index (κ1) is 19.4. The molecule has 1 N–H and O–H groups in total. The molecule has 0 saturated carbocycles. The smallest absolute Gasteiger partial charge is 0.254 e. The SMILES string of the molecule is O=c1cc(N2CCOCC2)nc(N2CCCCC[C@@H]2Cc2cccc3c2OCC3)[nH]1. The molecule has 160 valence electrons. The average molecular weight is 411 g/mol. The van der Waals surface area contributed by atoms with Crippen LogP contribution in [-0.2, 0) is 17.6 Å². The second-order valence-corrected chi connectivity index (χ2v) is 8.43. The van der Waals surface area contributed by atoms with Gasteiger partial charge in [-0.15, -0.1) is 0 Å². The molecule has 0 unspecified atom stereocenters. The Kier molecular flexibility index (Phi) is 5.62. The molecule has 0 radical (unpaired) electrons. The predicted molar refractivity (Wildman–Crippen MR) is 117 cm³/mol. The van der Waals surface area contributed by atoms with Crippen molar-refractivity contribution >= 4 is 11.8 Å². The number of para-hydroxylation sites is 1. The van der Waals surface area contributed by atoms with Gasteiger partial charge in [0, 0.05) is 38.2 Å². The standard InChI is InChI=1S/C23H30N4O3/c28-21-16-20(26-10-13-29-14-11-26)24-23(25-21)27-9-3-1-2-7-19(27)15-18-6-4-5-17-8-12-30-22(17)18/h4-6,16,19H,1-3,7-15H2,(H,24,25,28)/t19-/m1/s1. The van der Waals surface area contributed by atoms with Crippen LogP contribution in [0.4, 0.5) is 11.8 Å². The molecule has 2 saturated heterocycles. The molecular weight excluding hydrogens is 380 g/mol. The van der Waals surface area contributed by atoms with E-state index in [4.69, 9.17) is 14.5 Å². The molecule has 3 aliphatic rings. The second-order valence-electron chi connectivity index (χ2n) is 8.43. The number of aromatic nitrogens is 2. The summed E-state index contributed by atoms with van der Waals surface area (Å²) in [5, 5.41) is 0. The number of morpholine rings is 1. The van der Waals surface area contributed by atoms with Crippen LogP contribution < -0.4 is 20.1 Å². The summed E-state index contributed by atoms with van der Waals surface area (Å²) in [5.74, 6) is 2.53. The quantitative estimate of drug-likeness (QED) is 0.835. The van der Waals surface area contributed by atoms with Crippen LogP contribution in [0.2, 0.25) is 0 Å². The maximum atomic E-state index is 12.5. The van der Waals surface area contributed by atoms with E-state index in [2.05, 4.69) is 33.0 Å². The number of H-pyrrole nitrogens is 1. The van der Waals surface area contributed by atoms with E-state index in [9.17, 15) is 4.79 Å². The Morgan fingerprint density at radius 2 is 2.00 bits per heavy atom. The Morgan fingerprint density at radius 1 is 1.10 bits per heavy atom. The molecule has 0 aliphatic carbocycles. The second kappa shape index (κ2) is 8.68. The van der Waals surface area contributed by atoms with Gasteiger partial charge in [0.05, 0.1) is 19.8 Å². The minimum atomic E-state index is -0.0894. The Morgan fingerprint density at radius 3 is 2.90 bits per heavy atom. The molecule has 0 bridgehead atoms. The van der Waals surface area contributed by atoms with Crippen LogP contribution in [0.5, 0.6) is 5.75 Å². The third-order valence-corrected chi connectivity index (χ3v) is 6.45. The molecule has 2 aromatic rings. The first-order valence-electron chi connectivity index (χ1n) is 11.2. The van der Waals surface area contributed by atoms with E-state index in [0.29, 0.717) is 25.2 Å². The number of rotatable bonds is 4. The zero-order chi connectivity index (χ0) is 20.3. The summed E-state index contributed by atoms with van der Waals surface area (Å²) in [5.41, 5.74) is 2.50. The van der Waals surface area contributed by atoms with E-state index in [1.165, 1.54) is 24.0 Å². The molecule has 5 rings (SSSR count). The third-order valence-electron chi connectivity index (χ3n) is 6.45. The highest BCUT2D eigenvalue weighted by Gasteiger charge is 2.27. The number of hydrogen-bond acceptors (Lipinski definition) is 6. The summed E-state index contributed by atoms with van der Waals surface area (Å²) < 4.78 is 11.4. The highest BCUT2D eigenvalue weighted by molar-refractivity contribution is 5.47. The number of benzene rings is 1. The van der Waals surface area contributed by atoms with Crippen LogP contribution in [0.3, 0.4) is 0 Å². The maximum absolute atomic E-state index is 12.5. The van der Waals surface area contributed by atoms with E-state index in [1.807, 2.05) is 0 Å². The van der Waals surface area contributed by atoms with Crippen LogP contribution in [-0.4, -0.2) is 55.5 Å². The lowest BCUT2D eigenvalue weighted by Gasteiger charge is -2.33. The zero-order valence-corrected chi connectivity index (χ0v) is 17.4. The molecule has 7 heteroatoms. The topological polar surface area (TPSA) is 70.7 Å². The minimum Gasteiger partial charge on any atom is -0.493 e. The Balaban J connectivity index is 1.44. The third kappa shape index (κ3) is 4.03. The average Bonchev–Trinajstić information content (AvgIpc) is 3.14. The molecule has 7 nitrogen and oxygen atoms in total. The van der Waals surface area contributed by atoms with Crippen molar-refractivity contribution in [3.8, 4) is 5.75 Å². The molecule has 1 atom stereocenters. The van der Waals surface area contributed by atoms with Crippen molar-refractivity contribution in [2.75, 3.05) is 49.3 Å². The fourth-order valence-corrected chi connectivity index (χ4v) is 4.89. The van der Waals surface area contributed by atoms with Gasteiger partial charge >= 0.3 is 0 Å². The summed E-state index contributed by atoms with van der Waals surface area (Å²) in [6.07, 6.45) is 6.53. The van der Waals surface area contributed by atoms with E-state index in [1.54, 1.807) is 6.07 Å². The van der Waals surface area contributed by atoms with E-state index < -0.39 is 0 Å². The molecule has 0 amide bonds. The number of nitrogens with zero attached hydrogens (tertiary/aromatic N) is 3. The largest absolute Gasteiger partial charge is 0.493 e. The van der Waals surface area contributed by atoms with Gasteiger partial charge in [0.25, 0.3) is 5.56 Å². The van der Waals surface area contributed by atoms with Crippen molar-refractivity contribution in [3.63, 3.8) is 0 Å². The van der Waals surface area contributed by atoms with Crippen LogP contribution in [0, 0.1) is 0 Å². The van der Waals surface area contributed by atoms with Gasteiger partial charge in [-0.1, -0.05) is 31.0 Å². The number of ether oxygens (including phenoxy) is 2. The van der Waals surface area contributed by atoms with Gasteiger partial charge in [-0.2, -0.15) is 4.98 Å². The lowest BCUT2D eigenvalue weighted by molar-refractivity contribution is 0.122. The number of aromatic amines is 1. The van der Waals surface area contributed by atoms with Gasteiger partial charge in [-0.25, -0.2) is 0 Å². The van der Waals surface area contributed by atoms with Crippen LogP contribution >= 0.6 is 0 Å². The Bertz CT molecular complexity index is 938. The fourth-order valence-electron chi connectivity index (χ4n) is 4.89. The molecule has 0 spiro atoms. The summed E-state index contributed by atoms with van der Waals surface area (Å²) in [4.78, 5) is 24.9. The monoisotopic (exact) mass is 410 g/mol. The van der Waals surface area contributed by atoms with Crippen molar-refractivity contribution in [1.29, 1.82) is 0 Å². The first-order chi connectivity index (χ1) is 14.8. The summed E-state index contributed by atoms with van der Waals surface area (Å²) in [6, 6.07) is 8.41. The highest BCUT2D eigenvalue weighted by atomic mass is 16.5. The van der Waals surface area contributed by atoms with Crippen LogP contribution in [0.25, 0.3) is 0 Å². The maximum Gasteiger partial charge on any atom is 0.254 e. The summed E-state index contributed by atoms with van der Waals surface area (Å²) in [6.45, 7) is 4.58. The van der Waals surface area contributed by atoms with Gasteiger partial charge in [0.1, 0.15) is 11.6 Å². The van der Waals surface area contributed by atoms with Crippen molar-refractivity contribution in [3.05, 3.63) is 45.7 Å². The lowest BCUT2D eigenvalue weighted by atomic mass is 9.98. The predicted octanol–water partition coefficient (Wildman–Crippen LogP) is 2.53. The molecule has 3 aliphatic heterocycles. The number of anilines is 2. The summed E-state index contributed by atoms with van der Waals surface area (Å²) in [7, 11) is 0. The molecular formula is C23H30N4O3. The van der Waals surface area contributed by atoms with E-state index in [0.717, 1.165) is 63.5 Å². The highest BCUT2D eigenvalue weighted by Crippen LogP contribution is 2.33. The van der Waals surface area contributed by atoms with Crippen LogP contribution in [0.1, 0.15) is 36.8 Å². The van der Waals surface area contributed by atoms with Crippen molar-refractivity contribution < 1.29 is 9.47 Å². The number of hydrogen-bond donors (Lipinski definition) is 1.